The predicted octanol–water partition coefficient (Wildman–Crippen LogP) is 6.54. The maximum atomic E-state index is 13.2. The van der Waals surface area contributed by atoms with Crippen LogP contribution in [0.3, 0.4) is 0 Å². The van der Waals surface area contributed by atoms with E-state index in [0.29, 0.717) is 21.6 Å². The fourth-order valence-electron chi connectivity index (χ4n) is 4.83. The van der Waals surface area contributed by atoms with Crippen LogP contribution in [0, 0.1) is 0 Å². The fourth-order valence-corrected chi connectivity index (χ4v) is 6.53. The van der Waals surface area contributed by atoms with Crippen LogP contribution in [0.15, 0.2) is 66.0 Å². The Morgan fingerprint density at radius 1 is 1.11 bits per heavy atom. The number of fused-ring (bicyclic) bond motifs is 2. The SMILES string of the molecule is COc1ccccc1-c1csc(NC(=O)c2sc3nc4c(cc3c2N)CC(c2ccccc2)CC4)n1. The van der Waals surface area contributed by atoms with Gasteiger partial charge in [0.25, 0.3) is 5.91 Å². The molecule has 2 aromatic carbocycles. The summed E-state index contributed by atoms with van der Waals surface area (Å²) in [5, 5.41) is 6.18. The average molecular weight is 513 g/mol. The van der Waals surface area contributed by atoms with E-state index < -0.39 is 0 Å². The highest BCUT2D eigenvalue weighted by Crippen LogP contribution is 2.39. The van der Waals surface area contributed by atoms with Crippen molar-refractivity contribution in [2.24, 2.45) is 0 Å². The van der Waals surface area contributed by atoms with Crippen molar-refractivity contribution in [3.05, 3.63) is 87.7 Å². The fraction of sp³-hybridized carbons (Fsp3) is 0.179. The van der Waals surface area contributed by atoms with Crippen LogP contribution in [0.1, 0.15) is 38.8 Å². The minimum Gasteiger partial charge on any atom is -0.496 e. The van der Waals surface area contributed by atoms with E-state index in [1.165, 1.54) is 33.8 Å². The summed E-state index contributed by atoms with van der Waals surface area (Å²) in [4.78, 5) is 23.9. The summed E-state index contributed by atoms with van der Waals surface area (Å²) in [6.07, 6.45) is 2.93. The van der Waals surface area contributed by atoms with Crippen molar-refractivity contribution in [2.45, 2.75) is 25.2 Å². The number of anilines is 2. The summed E-state index contributed by atoms with van der Waals surface area (Å²) in [5.74, 6) is 0.943. The van der Waals surface area contributed by atoms with E-state index in [2.05, 4.69) is 46.7 Å². The number of pyridine rings is 1. The van der Waals surface area contributed by atoms with Gasteiger partial charge in [-0.05, 0) is 54.5 Å². The number of methoxy groups -OCH3 is 1. The number of thiazole rings is 1. The maximum absolute atomic E-state index is 13.2. The van der Waals surface area contributed by atoms with Gasteiger partial charge in [-0.2, -0.15) is 0 Å². The monoisotopic (exact) mass is 512 g/mol. The number of aryl methyl sites for hydroxylation is 1. The van der Waals surface area contributed by atoms with Gasteiger partial charge < -0.3 is 10.5 Å². The Kier molecular flexibility index (Phi) is 5.91. The molecule has 1 aliphatic rings. The molecule has 6 rings (SSSR count). The average Bonchev–Trinajstić information content (AvgIpc) is 3.51. The molecule has 0 saturated carbocycles. The molecule has 1 aliphatic carbocycles. The van der Waals surface area contributed by atoms with E-state index in [1.807, 2.05) is 29.6 Å². The Bertz CT molecular complexity index is 1580. The molecule has 3 heterocycles. The summed E-state index contributed by atoms with van der Waals surface area (Å²) in [6.45, 7) is 0. The van der Waals surface area contributed by atoms with Crippen LogP contribution in [0.25, 0.3) is 21.5 Å². The van der Waals surface area contributed by atoms with Crippen LogP contribution in [-0.2, 0) is 12.8 Å². The highest BCUT2D eigenvalue weighted by molar-refractivity contribution is 7.21. The van der Waals surface area contributed by atoms with Crippen LogP contribution in [0.4, 0.5) is 10.8 Å². The molecule has 8 heteroatoms. The molecular weight excluding hydrogens is 488 g/mol. The molecule has 36 heavy (non-hydrogen) atoms. The van der Waals surface area contributed by atoms with Crippen molar-refractivity contribution in [3.8, 4) is 17.0 Å². The van der Waals surface area contributed by atoms with Gasteiger partial charge in [0.1, 0.15) is 15.5 Å². The number of rotatable bonds is 5. The molecule has 0 saturated heterocycles. The number of carbonyl (C=O) groups excluding carboxylic acids is 1. The molecule has 5 aromatic rings. The lowest BCUT2D eigenvalue weighted by Gasteiger charge is -2.24. The zero-order chi connectivity index (χ0) is 24.6. The first-order valence-corrected chi connectivity index (χ1v) is 13.5. The molecule has 1 unspecified atom stereocenters. The smallest absolute Gasteiger partial charge is 0.269 e. The summed E-state index contributed by atoms with van der Waals surface area (Å²) >= 11 is 2.71. The van der Waals surface area contributed by atoms with Gasteiger partial charge in [-0.1, -0.05) is 42.5 Å². The second kappa shape index (κ2) is 9.37. The lowest BCUT2D eigenvalue weighted by Crippen LogP contribution is -2.14. The summed E-state index contributed by atoms with van der Waals surface area (Å²) in [5.41, 5.74) is 12.3. The van der Waals surface area contributed by atoms with Crippen LogP contribution in [0.5, 0.6) is 5.75 Å². The molecule has 1 atom stereocenters. The Hall–Kier alpha value is -3.75. The van der Waals surface area contributed by atoms with Gasteiger partial charge in [-0.15, -0.1) is 22.7 Å². The van der Waals surface area contributed by atoms with E-state index in [0.717, 1.165) is 52.2 Å². The van der Waals surface area contributed by atoms with Gasteiger partial charge in [0.2, 0.25) is 0 Å². The predicted molar refractivity (Wildman–Crippen MR) is 147 cm³/mol. The first-order valence-electron chi connectivity index (χ1n) is 11.8. The van der Waals surface area contributed by atoms with E-state index in [4.69, 9.17) is 15.5 Å². The molecule has 6 nitrogen and oxygen atoms in total. The number of nitrogens with two attached hydrogens (primary N) is 1. The standard InChI is InChI=1S/C28H24N4O2S2/c1-34-23-10-6-5-9-19(23)22-15-35-28(31-22)32-26(33)25-24(29)20-14-18-13-17(16-7-3-2-4-8-16)11-12-21(18)30-27(20)36-25/h2-10,14-15,17H,11-13,29H2,1H3,(H,31,32,33). The van der Waals surface area contributed by atoms with Crippen LogP contribution < -0.4 is 15.8 Å². The second-order valence-electron chi connectivity index (χ2n) is 8.83. The molecule has 0 radical (unpaired) electrons. The van der Waals surface area contributed by atoms with Gasteiger partial charge in [-0.25, -0.2) is 9.97 Å². The van der Waals surface area contributed by atoms with Crippen molar-refractivity contribution in [1.29, 1.82) is 0 Å². The summed E-state index contributed by atoms with van der Waals surface area (Å²) in [6, 6.07) is 20.4. The molecule has 3 N–H and O–H groups in total. The van der Waals surface area contributed by atoms with E-state index in [-0.39, 0.29) is 5.91 Å². The third kappa shape index (κ3) is 4.12. The maximum Gasteiger partial charge on any atom is 0.269 e. The topological polar surface area (TPSA) is 90.1 Å². The number of hydrogen-bond acceptors (Lipinski definition) is 7. The van der Waals surface area contributed by atoms with Crippen molar-refractivity contribution in [3.63, 3.8) is 0 Å². The van der Waals surface area contributed by atoms with Gasteiger partial charge in [-0.3, -0.25) is 10.1 Å². The van der Waals surface area contributed by atoms with Crippen molar-refractivity contribution in [1.82, 2.24) is 9.97 Å². The zero-order valence-corrected chi connectivity index (χ0v) is 21.3. The van der Waals surface area contributed by atoms with Crippen LogP contribution >= 0.6 is 22.7 Å². The normalized spacial score (nSPS) is 15.0. The first-order chi connectivity index (χ1) is 17.6. The Labute approximate surface area is 216 Å². The number of carbonyl (C=O) groups is 1. The van der Waals surface area contributed by atoms with Gasteiger partial charge in [0.05, 0.1) is 18.5 Å². The number of hydrogen-bond donors (Lipinski definition) is 2. The number of amides is 1. The van der Waals surface area contributed by atoms with Gasteiger partial charge in [0.15, 0.2) is 5.13 Å². The van der Waals surface area contributed by atoms with Crippen molar-refractivity contribution < 1.29 is 9.53 Å². The molecule has 180 valence electrons. The van der Waals surface area contributed by atoms with Crippen molar-refractivity contribution in [2.75, 3.05) is 18.2 Å². The van der Waals surface area contributed by atoms with Gasteiger partial charge in [0, 0.05) is 22.0 Å². The van der Waals surface area contributed by atoms with Gasteiger partial charge >= 0.3 is 0 Å². The zero-order valence-electron chi connectivity index (χ0n) is 19.7. The highest BCUT2D eigenvalue weighted by atomic mass is 32.1. The Balaban J connectivity index is 1.25. The number of ether oxygens (including phenoxy) is 1. The Morgan fingerprint density at radius 2 is 1.92 bits per heavy atom. The van der Waals surface area contributed by atoms with E-state index in [1.54, 1.807) is 7.11 Å². The third-order valence-corrected chi connectivity index (χ3v) is 8.54. The third-order valence-electron chi connectivity index (χ3n) is 6.67. The number of thiophene rings is 1. The second-order valence-corrected chi connectivity index (χ2v) is 10.7. The minimum absolute atomic E-state index is 0.267. The minimum atomic E-state index is -0.267. The summed E-state index contributed by atoms with van der Waals surface area (Å²) < 4.78 is 5.44. The lowest BCUT2D eigenvalue weighted by atomic mass is 9.82. The molecule has 0 aliphatic heterocycles. The molecule has 0 bridgehead atoms. The van der Waals surface area contributed by atoms with Crippen LogP contribution in [0.2, 0.25) is 0 Å². The quantitative estimate of drug-likeness (QED) is 0.279. The number of aromatic nitrogens is 2. The highest BCUT2D eigenvalue weighted by Gasteiger charge is 2.25. The molecule has 0 spiro atoms. The Morgan fingerprint density at radius 3 is 2.75 bits per heavy atom. The molecule has 3 aromatic heterocycles. The van der Waals surface area contributed by atoms with E-state index >= 15 is 0 Å². The molecular formula is C28H24N4O2S2. The largest absolute Gasteiger partial charge is 0.496 e. The molecule has 0 fully saturated rings. The lowest BCUT2D eigenvalue weighted by molar-refractivity contribution is 0.103. The number of para-hydroxylation sites is 1. The number of nitrogen functional groups attached to an aromatic ring is 1. The number of benzene rings is 2. The van der Waals surface area contributed by atoms with Crippen LogP contribution in [-0.4, -0.2) is 23.0 Å². The van der Waals surface area contributed by atoms with Crippen molar-refractivity contribution >= 4 is 49.6 Å². The number of nitrogens with one attached hydrogen (secondary N) is 1. The number of nitrogens with zero attached hydrogens (tertiary/aromatic N) is 2. The summed E-state index contributed by atoms with van der Waals surface area (Å²) in [7, 11) is 1.63. The molecule has 1 amide bonds. The first kappa shape index (κ1) is 22.7. The van der Waals surface area contributed by atoms with E-state index in [9.17, 15) is 4.79 Å².